The Morgan fingerprint density at radius 3 is 0.800 bits per heavy atom. The van der Waals surface area contributed by atoms with Crippen LogP contribution in [0.1, 0.15) is 0 Å². The van der Waals surface area contributed by atoms with Crippen LogP contribution in [0, 0.1) is 0 Å². The quantitative estimate of drug-likeness (QED) is 0.343. The second kappa shape index (κ2) is 272. The van der Waals surface area contributed by atoms with E-state index in [0.29, 0.717) is 0 Å². The zero-order chi connectivity index (χ0) is 4.00. The molecule has 0 aliphatic heterocycles. The van der Waals surface area contributed by atoms with Crippen molar-refractivity contribution in [2.45, 2.75) is 0 Å². The molecule has 0 aromatic rings. The minimum atomic E-state index is 0. The molecule has 0 unspecified atom stereocenters. The third-order valence-corrected chi connectivity index (χ3v) is 0. The van der Waals surface area contributed by atoms with Gasteiger partial charge in [-0.15, -0.1) is 0 Å². The summed E-state index contributed by atoms with van der Waals surface area (Å²) in [5.74, 6) is 0. The molecule has 0 aromatic carbocycles. The molecule has 0 bridgehead atoms. The zero-order valence-electron chi connectivity index (χ0n) is 3.19. The summed E-state index contributed by atoms with van der Waals surface area (Å²) in [6, 6.07) is 0. The second-order valence-corrected chi connectivity index (χ2v) is 0. The van der Waals surface area contributed by atoms with Gasteiger partial charge in [-0.2, -0.15) is 14.2 Å². The summed E-state index contributed by atoms with van der Waals surface area (Å²) in [6.45, 7) is 0. The van der Waals surface area contributed by atoms with Gasteiger partial charge in [0.15, 0.2) is 0 Å². The van der Waals surface area contributed by atoms with Gasteiger partial charge in [0.25, 0.3) is 0 Å². The third-order valence-electron chi connectivity index (χ3n) is 0. The van der Waals surface area contributed by atoms with Crippen LogP contribution in [0.5, 0.6) is 0 Å². The number of rotatable bonds is 0. The van der Waals surface area contributed by atoms with Crippen molar-refractivity contribution in [2.24, 2.45) is 0 Å². The molecule has 5 heavy (non-hydrogen) atoms. The molecule has 0 aromatic heterocycles. The summed E-state index contributed by atoms with van der Waals surface area (Å²) in [7, 11) is 1.50. The first-order valence-electron chi connectivity index (χ1n) is 0.816. The molecule has 0 heterocycles. The molecule has 0 aliphatic rings. The van der Waals surface area contributed by atoms with E-state index in [4.69, 9.17) is 10.2 Å². The fourth-order valence-corrected chi connectivity index (χ4v) is 0. The van der Waals surface area contributed by atoms with E-state index in [0.717, 1.165) is 14.2 Å². The molecule has 0 fully saturated rings. The molecule has 0 N–H and O–H groups in total. The van der Waals surface area contributed by atoms with E-state index in [1.165, 1.54) is 0 Å². The molecule has 0 rings (SSSR count). The Bertz CT molecular complexity index is 7.61. The maximum absolute atomic E-state index is 8.25. The molecule has 2 nitrogen and oxygen atoms in total. The van der Waals surface area contributed by atoms with Gasteiger partial charge in [-0.25, -0.2) is 0 Å². The van der Waals surface area contributed by atoms with Crippen LogP contribution in [0.4, 0.5) is 0 Å². The summed E-state index contributed by atoms with van der Waals surface area (Å²) in [5.41, 5.74) is 0. The van der Waals surface area contributed by atoms with Crippen LogP contribution in [0.2, 0.25) is 0 Å². The van der Waals surface area contributed by atoms with Gasteiger partial charge in [-0.3, -0.25) is 0 Å². The summed E-state index contributed by atoms with van der Waals surface area (Å²) in [4.78, 5) is 0. The molecule has 1 radical (unpaired) electrons. The van der Waals surface area contributed by atoms with E-state index >= 15 is 0 Å². The Hall–Kier alpha value is 0.439. The zero-order valence-corrected chi connectivity index (χ0v) is 4.37. The smallest absolute Gasteiger partial charge is 0.857 e. The SMILES string of the molecule is C[O-].C[O-].[Mn+2]. The van der Waals surface area contributed by atoms with Gasteiger partial charge in [0.1, 0.15) is 0 Å². The van der Waals surface area contributed by atoms with Gasteiger partial charge in [0.05, 0.1) is 0 Å². The van der Waals surface area contributed by atoms with Gasteiger partial charge < -0.3 is 10.2 Å². The molecular weight excluding hydrogens is 111 g/mol. The molecule has 0 saturated carbocycles. The first-order valence-corrected chi connectivity index (χ1v) is 0.816. The summed E-state index contributed by atoms with van der Waals surface area (Å²) in [5, 5.41) is 16.5. The van der Waals surface area contributed by atoms with Crippen LogP contribution in [0.3, 0.4) is 0 Å². The molecule has 0 atom stereocenters. The van der Waals surface area contributed by atoms with Crippen LogP contribution in [-0.4, -0.2) is 14.2 Å². The van der Waals surface area contributed by atoms with Gasteiger partial charge in [0.2, 0.25) is 0 Å². The molecule has 33 valence electrons. The Morgan fingerprint density at radius 2 is 0.800 bits per heavy atom. The number of hydrogen-bond acceptors (Lipinski definition) is 2. The van der Waals surface area contributed by atoms with Gasteiger partial charge in [-0.05, 0) is 0 Å². The van der Waals surface area contributed by atoms with Crippen LogP contribution in [-0.2, 0) is 17.1 Å². The molecule has 3 heteroatoms. The van der Waals surface area contributed by atoms with Crippen molar-refractivity contribution in [1.82, 2.24) is 0 Å². The fraction of sp³-hybridized carbons (Fsp3) is 1.00. The topological polar surface area (TPSA) is 46.1 Å². The van der Waals surface area contributed by atoms with Crippen molar-refractivity contribution in [3.63, 3.8) is 0 Å². The summed E-state index contributed by atoms with van der Waals surface area (Å²) in [6.07, 6.45) is 0. The molecular formula is C2H6MnO2. The predicted molar refractivity (Wildman–Crippen MR) is 11.8 cm³/mol. The van der Waals surface area contributed by atoms with Crippen LogP contribution in [0.15, 0.2) is 0 Å². The van der Waals surface area contributed by atoms with E-state index in [1.54, 1.807) is 0 Å². The molecule has 0 amide bonds. The molecule has 0 spiro atoms. The Balaban J connectivity index is -0.0000000133. The maximum Gasteiger partial charge on any atom is 2.00 e. The Kier molecular flexibility index (Phi) is 980. The normalized spacial score (nSPS) is 2.40. The number of hydrogen-bond donors (Lipinski definition) is 0. The van der Waals surface area contributed by atoms with Crippen molar-refractivity contribution in [3.8, 4) is 0 Å². The fourth-order valence-electron chi connectivity index (χ4n) is 0. The minimum absolute atomic E-state index is 0. The van der Waals surface area contributed by atoms with E-state index in [2.05, 4.69) is 0 Å². The monoisotopic (exact) mass is 117 g/mol. The van der Waals surface area contributed by atoms with Gasteiger partial charge in [0, 0.05) is 0 Å². The first kappa shape index (κ1) is 18.0. The third kappa shape index (κ3) is 137. The van der Waals surface area contributed by atoms with Crippen molar-refractivity contribution >= 4 is 0 Å². The minimum Gasteiger partial charge on any atom is -0.857 e. The van der Waals surface area contributed by atoms with E-state index in [-0.39, 0.29) is 17.1 Å². The molecule has 0 saturated heterocycles. The Morgan fingerprint density at radius 1 is 0.800 bits per heavy atom. The largest absolute Gasteiger partial charge is 2.00 e. The average molecular weight is 117 g/mol. The van der Waals surface area contributed by atoms with Crippen LogP contribution >= 0.6 is 0 Å². The Labute approximate surface area is 42.3 Å². The predicted octanol–water partition coefficient (Wildman–Crippen LogP) is -2.05. The maximum atomic E-state index is 8.25. The summed E-state index contributed by atoms with van der Waals surface area (Å²) < 4.78 is 0. The van der Waals surface area contributed by atoms with Gasteiger partial charge in [-0.1, -0.05) is 0 Å². The standard InChI is InChI=1S/2CH3O.Mn/c2*1-2;/h2*1H3;/q2*-1;+2. The second-order valence-electron chi connectivity index (χ2n) is 0. The van der Waals surface area contributed by atoms with Crippen molar-refractivity contribution in [2.75, 3.05) is 14.2 Å². The van der Waals surface area contributed by atoms with Crippen LogP contribution < -0.4 is 10.2 Å². The van der Waals surface area contributed by atoms with Gasteiger partial charge >= 0.3 is 17.1 Å². The van der Waals surface area contributed by atoms with Crippen molar-refractivity contribution in [3.05, 3.63) is 0 Å². The van der Waals surface area contributed by atoms with Crippen molar-refractivity contribution in [1.29, 1.82) is 0 Å². The summed E-state index contributed by atoms with van der Waals surface area (Å²) >= 11 is 0. The van der Waals surface area contributed by atoms with E-state index in [1.807, 2.05) is 0 Å². The van der Waals surface area contributed by atoms with Crippen LogP contribution in [0.25, 0.3) is 0 Å². The average Bonchev–Trinajstić information content (AvgIpc) is 1.50. The van der Waals surface area contributed by atoms with Crippen molar-refractivity contribution < 1.29 is 27.3 Å². The van der Waals surface area contributed by atoms with E-state index < -0.39 is 0 Å². The first-order chi connectivity index (χ1) is 2.00. The molecule has 0 aliphatic carbocycles. The van der Waals surface area contributed by atoms with E-state index in [9.17, 15) is 0 Å².